The first-order valence-corrected chi connectivity index (χ1v) is 10.6. The normalized spacial score (nSPS) is 14.1. The number of para-hydroxylation sites is 2. The minimum Gasteiger partial charge on any atom is -0.497 e. The lowest BCUT2D eigenvalue weighted by atomic mass is 10.0. The molecule has 0 bridgehead atoms. The topological polar surface area (TPSA) is 43.3 Å². The van der Waals surface area contributed by atoms with Gasteiger partial charge in [-0.15, -0.1) is 0 Å². The van der Waals surface area contributed by atoms with Gasteiger partial charge < -0.3 is 14.6 Å². The summed E-state index contributed by atoms with van der Waals surface area (Å²) in [7, 11) is 1.67. The van der Waals surface area contributed by atoms with Gasteiger partial charge in [-0.3, -0.25) is 4.79 Å². The summed E-state index contributed by atoms with van der Waals surface area (Å²) < 4.78 is 7.36. The van der Waals surface area contributed by atoms with Gasteiger partial charge in [-0.25, -0.2) is 0 Å². The van der Waals surface area contributed by atoms with Gasteiger partial charge in [-0.05, 0) is 42.3 Å². The summed E-state index contributed by atoms with van der Waals surface area (Å²) >= 11 is 6.89. The first-order chi connectivity index (χ1) is 15.2. The number of fused-ring (bicyclic) bond motifs is 2. The summed E-state index contributed by atoms with van der Waals surface area (Å²) in [6.07, 6.45) is 2.75. The van der Waals surface area contributed by atoms with Crippen molar-refractivity contribution in [3.8, 4) is 5.75 Å². The summed E-state index contributed by atoms with van der Waals surface area (Å²) in [5.74, 6) is 0.740. The molecule has 4 aromatic rings. The van der Waals surface area contributed by atoms with Crippen LogP contribution in [0.1, 0.15) is 16.7 Å². The van der Waals surface area contributed by atoms with E-state index in [0.29, 0.717) is 10.7 Å². The van der Waals surface area contributed by atoms with Gasteiger partial charge >= 0.3 is 0 Å². The summed E-state index contributed by atoms with van der Waals surface area (Å²) in [5.41, 5.74) is 5.50. The Kier molecular flexibility index (Phi) is 5.00. The number of benzene rings is 3. The van der Waals surface area contributed by atoms with Crippen LogP contribution in [0.3, 0.4) is 0 Å². The first-order valence-electron chi connectivity index (χ1n) is 10.2. The van der Waals surface area contributed by atoms with E-state index in [1.54, 1.807) is 7.11 Å². The van der Waals surface area contributed by atoms with Crippen LogP contribution in [0.15, 0.2) is 72.8 Å². The van der Waals surface area contributed by atoms with Gasteiger partial charge in [-0.2, -0.15) is 0 Å². The molecule has 0 aliphatic carbocycles. The van der Waals surface area contributed by atoms with Crippen LogP contribution in [0.25, 0.3) is 22.6 Å². The summed E-state index contributed by atoms with van der Waals surface area (Å²) in [4.78, 5) is 12.6. The highest BCUT2D eigenvalue weighted by atomic mass is 35.5. The molecule has 0 spiro atoms. The Morgan fingerprint density at radius 1 is 1.00 bits per heavy atom. The van der Waals surface area contributed by atoms with Crippen molar-refractivity contribution in [3.63, 3.8) is 0 Å². The van der Waals surface area contributed by atoms with E-state index in [0.717, 1.165) is 46.4 Å². The minimum atomic E-state index is -0.104. The molecule has 1 aliphatic heterocycles. The number of anilines is 1. The lowest BCUT2D eigenvalue weighted by Gasteiger charge is -2.08. The van der Waals surface area contributed by atoms with Gasteiger partial charge in [0.1, 0.15) is 10.9 Å². The second-order valence-electron chi connectivity index (χ2n) is 7.53. The average molecular weight is 429 g/mol. The standard InChI is InChI=1S/C26H21ClN2O2/c1-31-18-12-10-17(11-13-18)14-15-29-24-9-5-3-7-20(24)21(25(29)27)16-22-19-6-2-4-8-23(19)28-26(22)30/h2-13,16H,14-15H2,1H3,(H,28,30)/b22-16+. The Hall–Kier alpha value is -3.50. The highest BCUT2D eigenvalue weighted by molar-refractivity contribution is 6.38. The highest BCUT2D eigenvalue weighted by Crippen LogP contribution is 2.37. The van der Waals surface area contributed by atoms with Crippen molar-refractivity contribution >= 4 is 45.7 Å². The Balaban J connectivity index is 1.54. The number of methoxy groups -OCH3 is 1. The van der Waals surface area contributed by atoms with E-state index in [-0.39, 0.29) is 5.91 Å². The average Bonchev–Trinajstić information content (AvgIpc) is 3.26. The molecule has 1 aliphatic rings. The monoisotopic (exact) mass is 428 g/mol. The van der Waals surface area contributed by atoms with E-state index >= 15 is 0 Å². The molecule has 1 aromatic heterocycles. The van der Waals surface area contributed by atoms with E-state index in [2.05, 4.69) is 34.1 Å². The van der Waals surface area contributed by atoms with Crippen molar-refractivity contribution in [2.24, 2.45) is 0 Å². The third-order valence-corrected chi connectivity index (χ3v) is 6.13. The molecule has 0 radical (unpaired) electrons. The lowest BCUT2D eigenvalue weighted by Crippen LogP contribution is -2.03. The molecule has 0 unspecified atom stereocenters. The molecular weight excluding hydrogens is 408 g/mol. The van der Waals surface area contributed by atoms with E-state index in [9.17, 15) is 4.79 Å². The Morgan fingerprint density at radius 3 is 2.55 bits per heavy atom. The number of nitrogens with zero attached hydrogens (tertiary/aromatic N) is 1. The zero-order valence-electron chi connectivity index (χ0n) is 17.1. The molecule has 2 heterocycles. The van der Waals surface area contributed by atoms with Crippen molar-refractivity contribution in [2.75, 3.05) is 12.4 Å². The fourth-order valence-corrected chi connectivity index (χ4v) is 4.45. The predicted octanol–water partition coefficient (Wildman–Crippen LogP) is 6.04. The number of aromatic nitrogens is 1. The SMILES string of the molecule is COc1ccc(CCn2c(Cl)c(/C=C3/C(=O)Nc4ccccc43)c3ccccc32)cc1. The number of hydrogen-bond donors (Lipinski definition) is 1. The van der Waals surface area contributed by atoms with Crippen LogP contribution in [-0.4, -0.2) is 17.6 Å². The van der Waals surface area contributed by atoms with Crippen molar-refractivity contribution < 1.29 is 9.53 Å². The molecule has 4 nitrogen and oxygen atoms in total. The molecule has 5 heteroatoms. The Morgan fingerprint density at radius 2 is 1.74 bits per heavy atom. The molecule has 1 amide bonds. The Labute approximate surface area is 185 Å². The van der Waals surface area contributed by atoms with Crippen LogP contribution in [0, 0.1) is 0 Å². The number of carbonyl (C=O) groups is 1. The molecule has 0 saturated heterocycles. The zero-order chi connectivity index (χ0) is 21.4. The molecular formula is C26H21ClN2O2. The fraction of sp³-hybridized carbons (Fsp3) is 0.115. The molecule has 0 saturated carbocycles. The van der Waals surface area contributed by atoms with Crippen molar-refractivity contribution in [3.05, 3.63) is 94.6 Å². The number of halogens is 1. The first kappa shape index (κ1) is 19.5. The smallest absolute Gasteiger partial charge is 0.256 e. The van der Waals surface area contributed by atoms with Gasteiger partial charge in [0.25, 0.3) is 5.91 Å². The molecule has 5 rings (SSSR count). The second kappa shape index (κ2) is 7.97. The van der Waals surface area contributed by atoms with Crippen LogP contribution in [-0.2, 0) is 17.8 Å². The van der Waals surface area contributed by atoms with Gasteiger partial charge in [0.15, 0.2) is 0 Å². The van der Waals surface area contributed by atoms with Crippen molar-refractivity contribution in [2.45, 2.75) is 13.0 Å². The summed E-state index contributed by atoms with van der Waals surface area (Å²) in [6, 6.07) is 23.9. The quantitative estimate of drug-likeness (QED) is 0.394. The highest BCUT2D eigenvalue weighted by Gasteiger charge is 2.25. The lowest BCUT2D eigenvalue weighted by molar-refractivity contribution is -0.110. The van der Waals surface area contributed by atoms with E-state index in [1.807, 2.05) is 54.6 Å². The van der Waals surface area contributed by atoms with E-state index in [4.69, 9.17) is 16.3 Å². The van der Waals surface area contributed by atoms with Gasteiger partial charge in [0, 0.05) is 39.8 Å². The summed E-state index contributed by atoms with van der Waals surface area (Å²) in [5, 5.41) is 4.60. The van der Waals surface area contributed by atoms with Crippen molar-refractivity contribution in [1.29, 1.82) is 0 Å². The van der Waals surface area contributed by atoms with E-state index in [1.165, 1.54) is 5.56 Å². The van der Waals surface area contributed by atoms with Crippen LogP contribution < -0.4 is 10.1 Å². The number of aryl methyl sites for hydroxylation is 2. The zero-order valence-corrected chi connectivity index (χ0v) is 17.8. The number of ether oxygens (including phenoxy) is 1. The Bertz CT molecular complexity index is 1320. The van der Waals surface area contributed by atoms with E-state index < -0.39 is 0 Å². The summed E-state index contributed by atoms with van der Waals surface area (Å²) in [6.45, 7) is 0.734. The number of hydrogen-bond acceptors (Lipinski definition) is 2. The minimum absolute atomic E-state index is 0.104. The molecule has 31 heavy (non-hydrogen) atoms. The number of carbonyl (C=O) groups excluding carboxylic acids is 1. The van der Waals surface area contributed by atoms with Gasteiger partial charge in [0.05, 0.1) is 7.11 Å². The number of rotatable bonds is 5. The van der Waals surface area contributed by atoms with Gasteiger partial charge in [-0.1, -0.05) is 60.1 Å². The third kappa shape index (κ3) is 3.49. The molecule has 1 N–H and O–H groups in total. The molecule has 3 aromatic carbocycles. The van der Waals surface area contributed by atoms with Crippen LogP contribution in [0.2, 0.25) is 5.15 Å². The van der Waals surface area contributed by atoms with Crippen LogP contribution in [0.4, 0.5) is 5.69 Å². The van der Waals surface area contributed by atoms with Gasteiger partial charge in [0.2, 0.25) is 0 Å². The maximum absolute atomic E-state index is 12.6. The number of nitrogens with one attached hydrogen (secondary N) is 1. The number of amides is 1. The fourth-order valence-electron chi connectivity index (χ4n) is 4.11. The largest absolute Gasteiger partial charge is 0.497 e. The molecule has 0 atom stereocenters. The van der Waals surface area contributed by atoms with Crippen LogP contribution >= 0.6 is 11.6 Å². The second-order valence-corrected chi connectivity index (χ2v) is 7.89. The maximum atomic E-state index is 12.6. The molecule has 0 fully saturated rings. The maximum Gasteiger partial charge on any atom is 0.256 e. The third-order valence-electron chi connectivity index (χ3n) is 5.73. The molecule has 154 valence electrons. The predicted molar refractivity (Wildman–Crippen MR) is 127 cm³/mol. The van der Waals surface area contributed by atoms with Crippen LogP contribution in [0.5, 0.6) is 5.75 Å². The van der Waals surface area contributed by atoms with Crippen molar-refractivity contribution in [1.82, 2.24) is 4.57 Å².